The maximum Gasteiger partial charge on any atom is 0.468 e. The van der Waals surface area contributed by atoms with Gasteiger partial charge in [0.1, 0.15) is 6.61 Å². The Hall–Kier alpha value is 0.0262. The van der Waals surface area contributed by atoms with E-state index in [0.29, 0.717) is 13.2 Å². The average Bonchev–Trinajstić information content (AvgIpc) is 2.50. The molecule has 20 heavy (non-hydrogen) atoms. The fourth-order valence-electron chi connectivity index (χ4n) is 2.19. The summed E-state index contributed by atoms with van der Waals surface area (Å²) in [4.78, 5) is 0. The number of halogens is 1. The smallest absolute Gasteiger partial charge is 0.468 e. The van der Waals surface area contributed by atoms with E-state index >= 15 is 0 Å². The minimum absolute atomic E-state index is 0.0179. The molecule has 1 heterocycles. The molecule has 0 spiro atoms. The topological polar surface area (TPSA) is 27.7 Å². The van der Waals surface area contributed by atoms with Gasteiger partial charge in [-0.3, -0.25) is 0 Å². The summed E-state index contributed by atoms with van der Waals surface area (Å²) in [7, 11) is 0. The Labute approximate surface area is 137 Å². The molecule has 3 nitrogen and oxygen atoms in total. The molecule has 0 saturated carbocycles. The average molecular weight is 354 g/mol. The lowest BCUT2D eigenvalue weighted by Crippen LogP contribution is -2.33. The molecule has 0 N–H and O–H groups in total. The van der Waals surface area contributed by atoms with Gasteiger partial charge in [0, 0.05) is 6.61 Å². The van der Waals surface area contributed by atoms with Crippen LogP contribution in [0.4, 0.5) is 0 Å². The minimum Gasteiger partial charge on any atom is -0.486 e. The van der Waals surface area contributed by atoms with Crippen molar-refractivity contribution in [1.82, 2.24) is 0 Å². The van der Waals surface area contributed by atoms with Crippen molar-refractivity contribution in [2.45, 2.75) is 36.3 Å². The van der Waals surface area contributed by atoms with Gasteiger partial charge >= 0.3 is 18.2 Å². The van der Waals surface area contributed by atoms with Crippen molar-refractivity contribution < 1.29 is 14.2 Å². The fraction of sp³-hybridized carbons (Fsp3) is 0.600. The van der Waals surface area contributed by atoms with Crippen molar-refractivity contribution in [2.24, 2.45) is 0 Å². The van der Waals surface area contributed by atoms with Gasteiger partial charge in [0.25, 0.3) is 0 Å². The maximum atomic E-state index is 5.84. The molecule has 5 heteroatoms. The third kappa shape index (κ3) is 5.80. The van der Waals surface area contributed by atoms with E-state index in [0.717, 1.165) is 24.5 Å². The number of para-hydroxylation sites is 2. The van der Waals surface area contributed by atoms with E-state index in [1.54, 1.807) is 0 Å². The normalized spacial score (nSPS) is 16.8. The number of hydrogen-bond acceptors (Lipinski definition) is 3. The zero-order chi connectivity index (χ0) is 14.0. The van der Waals surface area contributed by atoms with Crippen molar-refractivity contribution >= 4 is 31.1 Å². The molecule has 0 aromatic heterocycles. The van der Waals surface area contributed by atoms with Crippen LogP contribution >= 0.6 is 12.9 Å². The number of hydrogen-bond donors (Lipinski definition) is 0. The molecule has 2 rings (SSSR count). The van der Waals surface area contributed by atoms with Crippen molar-refractivity contribution in [3.05, 3.63) is 24.3 Å². The van der Waals surface area contributed by atoms with Gasteiger partial charge in [0.05, 0.1) is 6.61 Å². The van der Waals surface area contributed by atoms with Crippen LogP contribution in [0.2, 0.25) is 4.55 Å². The largest absolute Gasteiger partial charge is 0.486 e. The minimum atomic E-state index is 0.0179. The zero-order valence-electron chi connectivity index (χ0n) is 11.9. The van der Waals surface area contributed by atoms with Gasteiger partial charge in [-0.15, -0.1) is 4.55 Å². The van der Waals surface area contributed by atoms with E-state index < -0.39 is 0 Å². The standard InChI is InChI=1S/C15H21O3.BrH.Mg/c1-2-3-4-7-10-16-11-13-12-17-14-8-5-6-9-15(14)18-13;;/h5-6,8-9,13H,1-4,7,10-12H2;1H;/q;;+1/p-1. The van der Waals surface area contributed by atoms with Crippen LogP contribution in [0.3, 0.4) is 0 Å². The molecule has 0 amide bonds. The molecule has 0 radical (unpaired) electrons. The van der Waals surface area contributed by atoms with E-state index in [1.807, 2.05) is 24.3 Å². The monoisotopic (exact) mass is 352 g/mol. The van der Waals surface area contributed by atoms with Crippen molar-refractivity contribution in [2.75, 3.05) is 19.8 Å². The molecule has 1 aliphatic heterocycles. The third-order valence-electron chi connectivity index (χ3n) is 3.29. The second-order valence-corrected chi connectivity index (χ2v) is 8.49. The van der Waals surface area contributed by atoms with Crippen LogP contribution < -0.4 is 9.47 Å². The van der Waals surface area contributed by atoms with Gasteiger partial charge < -0.3 is 27.1 Å². The number of ether oxygens (including phenoxy) is 3. The first-order valence-electron chi connectivity index (χ1n) is 7.42. The summed E-state index contributed by atoms with van der Waals surface area (Å²) in [5, 5.41) is 0. The van der Waals surface area contributed by atoms with Gasteiger partial charge in [0.15, 0.2) is 17.6 Å². The molecular formula is C15H21BrMgO3. The number of fused-ring (bicyclic) bond motifs is 1. The van der Waals surface area contributed by atoms with E-state index in [2.05, 4.69) is 12.9 Å². The lowest BCUT2D eigenvalue weighted by molar-refractivity contribution is 0.00780. The van der Waals surface area contributed by atoms with Gasteiger partial charge in [-0.05, 0) is 18.6 Å². The lowest BCUT2D eigenvalue weighted by Gasteiger charge is -2.26. The third-order valence-corrected chi connectivity index (χ3v) is 5.74. The van der Waals surface area contributed by atoms with E-state index in [-0.39, 0.29) is 24.3 Å². The summed E-state index contributed by atoms with van der Waals surface area (Å²) < 4.78 is 18.6. The summed E-state index contributed by atoms with van der Waals surface area (Å²) in [5.41, 5.74) is 0. The van der Waals surface area contributed by atoms with Gasteiger partial charge in [0.2, 0.25) is 0 Å². The zero-order valence-corrected chi connectivity index (χ0v) is 14.9. The second kappa shape index (κ2) is 9.87. The highest BCUT2D eigenvalue weighted by molar-refractivity contribution is 9.23. The van der Waals surface area contributed by atoms with Gasteiger partial charge in [-0.25, -0.2) is 0 Å². The molecule has 108 valence electrons. The van der Waals surface area contributed by atoms with E-state index in [4.69, 9.17) is 14.2 Å². The molecule has 1 atom stereocenters. The predicted octanol–water partition coefficient (Wildman–Crippen LogP) is 3.84. The van der Waals surface area contributed by atoms with Crippen molar-refractivity contribution in [3.8, 4) is 11.5 Å². The number of unbranched alkanes of at least 4 members (excludes halogenated alkanes) is 3. The summed E-state index contributed by atoms with van der Waals surface area (Å²) in [6.45, 7) is 2.02. The number of benzene rings is 1. The molecule has 1 aliphatic rings. The molecule has 0 fully saturated rings. The molecular weight excluding hydrogens is 332 g/mol. The van der Waals surface area contributed by atoms with Crippen LogP contribution in [0.25, 0.3) is 0 Å². The molecule has 0 bridgehead atoms. The van der Waals surface area contributed by atoms with Gasteiger partial charge in [-0.1, -0.05) is 31.4 Å². The lowest BCUT2D eigenvalue weighted by atomic mass is 10.2. The Morgan fingerprint density at radius 1 is 1.15 bits per heavy atom. The summed E-state index contributed by atoms with van der Waals surface area (Å²) in [5.74, 6) is 1.66. The first-order chi connectivity index (χ1) is 9.90. The van der Waals surface area contributed by atoms with E-state index in [1.165, 1.54) is 23.8 Å². The molecule has 0 aliphatic carbocycles. The Balaban J connectivity index is 1.53. The second-order valence-electron chi connectivity index (χ2n) is 5.03. The molecule has 0 saturated heterocycles. The highest BCUT2D eigenvalue weighted by Crippen LogP contribution is 2.30. The summed E-state index contributed by atoms with van der Waals surface area (Å²) >= 11 is 3.67. The highest BCUT2D eigenvalue weighted by atomic mass is 79.9. The predicted molar refractivity (Wildman–Crippen MR) is 85.1 cm³/mol. The summed E-state index contributed by atoms with van der Waals surface area (Å²) in [6, 6.07) is 7.79. The van der Waals surface area contributed by atoms with E-state index in [9.17, 15) is 0 Å². The highest BCUT2D eigenvalue weighted by Gasteiger charge is 2.20. The first-order valence-corrected chi connectivity index (χ1v) is 12.3. The Morgan fingerprint density at radius 3 is 2.80 bits per heavy atom. The SMILES string of the molecule is [Br][Mg][CH2]CCCCCOCC1COc2ccccc2O1. The molecule has 1 unspecified atom stereocenters. The Morgan fingerprint density at radius 2 is 1.95 bits per heavy atom. The van der Waals surface area contributed by atoms with Crippen molar-refractivity contribution in [1.29, 1.82) is 0 Å². The first kappa shape index (κ1) is 16.4. The number of rotatable bonds is 9. The van der Waals surface area contributed by atoms with Crippen LogP contribution in [-0.4, -0.2) is 44.1 Å². The fourth-order valence-corrected chi connectivity index (χ4v) is 3.92. The van der Waals surface area contributed by atoms with Crippen LogP contribution in [0.15, 0.2) is 24.3 Å². The quantitative estimate of drug-likeness (QED) is 0.499. The van der Waals surface area contributed by atoms with Crippen LogP contribution in [0, 0.1) is 0 Å². The van der Waals surface area contributed by atoms with Crippen LogP contribution in [0.1, 0.15) is 25.7 Å². The summed E-state index contributed by atoms with van der Waals surface area (Å²) in [6.07, 6.45) is 5.14. The van der Waals surface area contributed by atoms with Crippen LogP contribution in [0.5, 0.6) is 11.5 Å². The Kier molecular flexibility index (Phi) is 8.09. The van der Waals surface area contributed by atoms with Gasteiger partial charge in [-0.2, -0.15) is 0 Å². The molecule has 1 aromatic carbocycles. The van der Waals surface area contributed by atoms with Crippen LogP contribution in [-0.2, 0) is 4.74 Å². The Bertz CT molecular complexity index is 389. The molecule has 1 aromatic rings. The maximum absolute atomic E-state index is 5.84. The van der Waals surface area contributed by atoms with Crippen molar-refractivity contribution in [3.63, 3.8) is 0 Å².